The highest BCUT2D eigenvalue weighted by molar-refractivity contribution is 5.65. The zero-order valence-electron chi connectivity index (χ0n) is 14.1. The van der Waals surface area contributed by atoms with E-state index < -0.39 is 0 Å². The highest BCUT2D eigenvalue weighted by Gasteiger charge is 2.08. The molecule has 5 heteroatoms. The van der Waals surface area contributed by atoms with Gasteiger partial charge in [0.05, 0.1) is 22.8 Å². The van der Waals surface area contributed by atoms with Crippen LogP contribution in [0.4, 0.5) is 0 Å². The summed E-state index contributed by atoms with van der Waals surface area (Å²) in [5, 5.41) is 8.65. The van der Waals surface area contributed by atoms with Gasteiger partial charge in [-0.15, -0.1) is 10.2 Å². The van der Waals surface area contributed by atoms with Crippen LogP contribution in [0.15, 0.2) is 60.7 Å². The van der Waals surface area contributed by atoms with Crippen LogP contribution in [0.25, 0.3) is 34.2 Å². The number of nitrogens with zero attached hydrogens (tertiary/aromatic N) is 4. The van der Waals surface area contributed by atoms with Crippen LogP contribution in [0.5, 0.6) is 0 Å². The van der Waals surface area contributed by atoms with Gasteiger partial charge in [-0.1, -0.05) is 12.1 Å². The van der Waals surface area contributed by atoms with Crippen LogP contribution in [0.2, 0.25) is 0 Å². The van der Waals surface area contributed by atoms with Gasteiger partial charge in [0.1, 0.15) is 11.4 Å². The summed E-state index contributed by atoms with van der Waals surface area (Å²) in [7, 11) is 0. The van der Waals surface area contributed by atoms with Crippen LogP contribution < -0.4 is 0 Å². The van der Waals surface area contributed by atoms with E-state index in [1.165, 1.54) is 0 Å². The molecule has 0 atom stereocenters. The lowest BCUT2D eigenvalue weighted by Crippen LogP contribution is -1.93. The molecule has 0 fully saturated rings. The molecule has 0 radical (unpaired) electrons. The number of aromatic nitrogens is 5. The molecule has 0 aliphatic heterocycles. The molecule has 4 rings (SSSR count). The summed E-state index contributed by atoms with van der Waals surface area (Å²) in [6.07, 6.45) is 0. The molecule has 5 nitrogen and oxygen atoms in total. The molecule has 0 bridgehead atoms. The van der Waals surface area contributed by atoms with Gasteiger partial charge in [-0.2, -0.15) is 0 Å². The maximum Gasteiger partial charge on any atom is 0.111 e. The van der Waals surface area contributed by atoms with E-state index in [0.717, 1.165) is 45.6 Å². The van der Waals surface area contributed by atoms with Gasteiger partial charge in [0.2, 0.25) is 0 Å². The summed E-state index contributed by atoms with van der Waals surface area (Å²) in [6, 6.07) is 19.7. The van der Waals surface area contributed by atoms with Crippen molar-refractivity contribution in [2.24, 2.45) is 0 Å². The number of rotatable bonds is 3. The summed E-state index contributed by atoms with van der Waals surface area (Å²) >= 11 is 0. The van der Waals surface area contributed by atoms with Gasteiger partial charge < -0.3 is 4.98 Å². The minimum atomic E-state index is 0.764. The predicted octanol–water partition coefficient (Wildman–Crippen LogP) is 4.21. The number of hydrogen-bond donors (Lipinski definition) is 1. The molecule has 0 saturated heterocycles. The van der Waals surface area contributed by atoms with Crippen molar-refractivity contribution in [2.45, 2.75) is 13.8 Å². The molecule has 0 aliphatic carbocycles. The van der Waals surface area contributed by atoms with Gasteiger partial charge >= 0.3 is 0 Å². The molecular weight excluding hydrogens is 310 g/mol. The van der Waals surface area contributed by atoms with Crippen LogP contribution in [-0.2, 0) is 0 Å². The smallest absolute Gasteiger partial charge is 0.111 e. The van der Waals surface area contributed by atoms with Crippen molar-refractivity contribution in [1.82, 2.24) is 25.1 Å². The highest BCUT2D eigenvalue weighted by Crippen LogP contribution is 2.23. The molecule has 0 unspecified atom stereocenters. The Hall–Kier alpha value is -3.34. The lowest BCUT2D eigenvalue weighted by Gasteiger charge is -2.02. The lowest BCUT2D eigenvalue weighted by atomic mass is 10.2. The number of nitrogens with one attached hydrogen (secondary N) is 1. The average molecular weight is 327 g/mol. The normalized spacial score (nSPS) is 10.8. The third kappa shape index (κ3) is 3.17. The molecular formula is C20H17N5. The molecule has 122 valence electrons. The monoisotopic (exact) mass is 327 g/mol. The largest absolute Gasteiger partial charge is 0.352 e. The van der Waals surface area contributed by atoms with E-state index in [1.54, 1.807) is 0 Å². The first-order valence-electron chi connectivity index (χ1n) is 8.10. The van der Waals surface area contributed by atoms with Crippen LogP contribution in [0.1, 0.15) is 11.4 Å². The fraction of sp³-hybridized carbons (Fsp3) is 0.100. The Balaban J connectivity index is 1.63. The van der Waals surface area contributed by atoms with E-state index in [-0.39, 0.29) is 0 Å². The fourth-order valence-electron chi connectivity index (χ4n) is 2.69. The molecule has 0 spiro atoms. The van der Waals surface area contributed by atoms with Gasteiger partial charge in [-0.3, -0.25) is 9.97 Å². The Bertz CT molecular complexity index is 1020. The molecule has 4 heterocycles. The first kappa shape index (κ1) is 15.2. The lowest BCUT2D eigenvalue weighted by molar-refractivity contribution is 1.02. The molecule has 4 aromatic heterocycles. The van der Waals surface area contributed by atoms with E-state index >= 15 is 0 Å². The van der Waals surface area contributed by atoms with Crippen molar-refractivity contribution >= 4 is 0 Å². The maximum absolute atomic E-state index is 4.54. The number of hydrogen-bond acceptors (Lipinski definition) is 4. The van der Waals surface area contributed by atoms with Gasteiger partial charge in [0.15, 0.2) is 0 Å². The van der Waals surface area contributed by atoms with Crippen LogP contribution >= 0.6 is 0 Å². The minimum Gasteiger partial charge on any atom is -0.352 e. The molecule has 0 amide bonds. The van der Waals surface area contributed by atoms with Crippen molar-refractivity contribution in [1.29, 1.82) is 0 Å². The van der Waals surface area contributed by atoms with E-state index in [2.05, 4.69) is 25.1 Å². The summed E-state index contributed by atoms with van der Waals surface area (Å²) in [4.78, 5) is 12.4. The third-order valence-corrected chi connectivity index (χ3v) is 3.94. The molecule has 4 aromatic rings. The van der Waals surface area contributed by atoms with Crippen molar-refractivity contribution in [3.63, 3.8) is 0 Å². The first-order valence-corrected chi connectivity index (χ1v) is 8.10. The Kier molecular flexibility index (Phi) is 3.82. The number of H-pyrrole nitrogens is 1. The topological polar surface area (TPSA) is 67.3 Å². The molecule has 0 saturated carbocycles. The summed E-state index contributed by atoms with van der Waals surface area (Å²) in [5.41, 5.74) is 7.12. The second kappa shape index (κ2) is 6.28. The predicted molar refractivity (Wildman–Crippen MR) is 97.8 cm³/mol. The molecule has 0 aromatic carbocycles. The zero-order valence-corrected chi connectivity index (χ0v) is 14.1. The summed E-state index contributed by atoms with van der Waals surface area (Å²) in [6.45, 7) is 3.95. The van der Waals surface area contributed by atoms with Gasteiger partial charge in [0.25, 0.3) is 0 Å². The van der Waals surface area contributed by atoms with Crippen molar-refractivity contribution in [3.05, 3.63) is 72.1 Å². The standard InChI is InChI=1S/C20H17N5/c1-13-5-3-7-15(21-13)17-9-10-18(23-17)20-12-11-19(24-25-20)16-8-4-6-14(2)22-16/h3-12,23H,1-2H3. The number of aromatic amines is 1. The zero-order chi connectivity index (χ0) is 17.2. The molecule has 25 heavy (non-hydrogen) atoms. The minimum absolute atomic E-state index is 0.764. The van der Waals surface area contributed by atoms with Gasteiger partial charge in [0, 0.05) is 11.4 Å². The second-order valence-corrected chi connectivity index (χ2v) is 5.92. The third-order valence-electron chi connectivity index (χ3n) is 3.94. The summed E-state index contributed by atoms with van der Waals surface area (Å²) < 4.78 is 0. The second-order valence-electron chi connectivity index (χ2n) is 5.92. The van der Waals surface area contributed by atoms with Crippen molar-refractivity contribution in [2.75, 3.05) is 0 Å². The molecule has 0 aliphatic rings. The first-order chi connectivity index (χ1) is 12.2. The Morgan fingerprint density at radius 1 is 0.560 bits per heavy atom. The van der Waals surface area contributed by atoms with E-state index in [4.69, 9.17) is 0 Å². The average Bonchev–Trinajstić information content (AvgIpc) is 3.12. The SMILES string of the molecule is Cc1cccc(-c2ccc(-c3ccc(-c4cccc(C)n4)[nH]3)nn2)n1. The Morgan fingerprint density at radius 2 is 1.12 bits per heavy atom. The van der Waals surface area contributed by atoms with Gasteiger partial charge in [-0.05, 0) is 62.4 Å². The Labute approximate surface area is 145 Å². The van der Waals surface area contributed by atoms with Crippen LogP contribution in [0, 0.1) is 13.8 Å². The quantitative estimate of drug-likeness (QED) is 0.612. The van der Waals surface area contributed by atoms with E-state index in [9.17, 15) is 0 Å². The number of pyridine rings is 2. The van der Waals surface area contributed by atoms with Gasteiger partial charge in [-0.25, -0.2) is 0 Å². The summed E-state index contributed by atoms with van der Waals surface area (Å²) in [5.74, 6) is 0. The van der Waals surface area contributed by atoms with Crippen LogP contribution in [0.3, 0.4) is 0 Å². The van der Waals surface area contributed by atoms with Crippen molar-refractivity contribution in [3.8, 4) is 34.2 Å². The van der Waals surface area contributed by atoms with E-state index in [0.29, 0.717) is 0 Å². The van der Waals surface area contributed by atoms with E-state index in [1.807, 2.05) is 74.5 Å². The highest BCUT2D eigenvalue weighted by atomic mass is 15.1. The van der Waals surface area contributed by atoms with Crippen LogP contribution in [-0.4, -0.2) is 25.1 Å². The Morgan fingerprint density at radius 3 is 1.76 bits per heavy atom. The fourth-order valence-corrected chi connectivity index (χ4v) is 2.69. The molecule has 1 N–H and O–H groups in total. The number of aryl methyl sites for hydroxylation is 2. The van der Waals surface area contributed by atoms with Crippen molar-refractivity contribution < 1.29 is 0 Å². The maximum atomic E-state index is 4.54.